The molecule has 0 aromatic heterocycles. The van der Waals surface area contributed by atoms with Crippen LogP contribution in [0.5, 0.6) is 0 Å². The summed E-state index contributed by atoms with van der Waals surface area (Å²) < 4.78 is 5.10. The van der Waals surface area contributed by atoms with Crippen molar-refractivity contribution in [2.45, 2.75) is 26.9 Å². The van der Waals surface area contributed by atoms with Crippen molar-refractivity contribution in [2.75, 3.05) is 5.32 Å². The smallest absolute Gasteiger partial charge is 0.331 e. The van der Waals surface area contributed by atoms with Gasteiger partial charge in [0.2, 0.25) is 0 Å². The van der Waals surface area contributed by atoms with E-state index in [4.69, 9.17) is 4.74 Å². The fraction of sp³-hybridized carbons (Fsp3) is 0.190. The first-order valence-electron chi connectivity index (χ1n) is 8.22. The maximum atomic E-state index is 12.1. The number of carbonyl (C=O) groups excluding carboxylic acids is 3. The zero-order valence-electron chi connectivity index (χ0n) is 15.0. The lowest BCUT2D eigenvalue weighted by Crippen LogP contribution is -2.29. The molecule has 1 N–H and O–H groups in total. The summed E-state index contributed by atoms with van der Waals surface area (Å²) in [6.45, 7) is 4.95. The van der Waals surface area contributed by atoms with Crippen LogP contribution in [0.4, 0.5) is 5.69 Å². The van der Waals surface area contributed by atoms with Crippen molar-refractivity contribution < 1.29 is 19.1 Å². The van der Waals surface area contributed by atoms with Gasteiger partial charge < -0.3 is 10.1 Å². The van der Waals surface area contributed by atoms with E-state index >= 15 is 0 Å². The van der Waals surface area contributed by atoms with Crippen molar-refractivity contribution in [1.82, 2.24) is 0 Å². The van der Waals surface area contributed by atoms with Crippen LogP contribution < -0.4 is 5.32 Å². The van der Waals surface area contributed by atoms with Crippen LogP contribution in [0.1, 0.15) is 35.3 Å². The Morgan fingerprint density at radius 2 is 1.62 bits per heavy atom. The number of esters is 1. The van der Waals surface area contributed by atoms with Gasteiger partial charge in [0.15, 0.2) is 11.9 Å². The number of ketones is 1. The summed E-state index contributed by atoms with van der Waals surface area (Å²) in [7, 11) is 0. The predicted octanol–water partition coefficient (Wildman–Crippen LogP) is 3.78. The molecule has 0 saturated carbocycles. The highest BCUT2D eigenvalue weighted by Gasteiger charge is 2.16. The third-order valence-corrected chi connectivity index (χ3v) is 3.71. The average Bonchev–Trinajstić information content (AvgIpc) is 2.61. The Balaban J connectivity index is 1.88. The highest BCUT2D eigenvalue weighted by atomic mass is 16.5. The number of hydrogen-bond acceptors (Lipinski definition) is 4. The molecule has 0 bridgehead atoms. The van der Waals surface area contributed by atoms with Crippen LogP contribution in [0.3, 0.4) is 0 Å². The molecule has 5 nitrogen and oxygen atoms in total. The molecule has 134 valence electrons. The van der Waals surface area contributed by atoms with Crippen LogP contribution in [0.25, 0.3) is 6.08 Å². The molecule has 0 aliphatic heterocycles. The van der Waals surface area contributed by atoms with Gasteiger partial charge >= 0.3 is 5.97 Å². The fourth-order valence-corrected chi connectivity index (χ4v) is 2.14. The van der Waals surface area contributed by atoms with E-state index in [2.05, 4.69) is 5.32 Å². The first kappa shape index (κ1) is 19.1. The predicted molar refractivity (Wildman–Crippen MR) is 101 cm³/mol. The molecule has 0 saturated heterocycles. The molecule has 26 heavy (non-hydrogen) atoms. The molecule has 0 aliphatic carbocycles. The molecule has 0 unspecified atom stereocenters. The van der Waals surface area contributed by atoms with E-state index in [0.29, 0.717) is 11.3 Å². The lowest BCUT2D eigenvalue weighted by atomic mass is 10.1. The maximum absolute atomic E-state index is 12.1. The minimum Gasteiger partial charge on any atom is -0.449 e. The van der Waals surface area contributed by atoms with E-state index in [1.165, 1.54) is 19.9 Å². The summed E-state index contributed by atoms with van der Waals surface area (Å²) in [6.07, 6.45) is 1.97. The van der Waals surface area contributed by atoms with Gasteiger partial charge in [-0.2, -0.15) is 0 Å². The molecule has 2 aromatic carbocycles. The third kappa shape index (κ3) is 5.70. The summed E-state index contributed by atoms with van der Waals surface area (Å²) in [5, 5.41) is 2.64. The topological polar surface area (TPSA) is 72.5 Å². The van der Waals surface area contributed by atoms with E-state index in [1.807, 2.05) is 31.2 Å². The normalized spacial score (nSPS) is 11.8. The van der Waals surface area contributed by atoms with Crippen LogP contribution in [0.15, 0.2) is 54.6 Å². The van der Waals surface area contributed by atoms with Gasteiger partial charge in [-0.1, -0.05) is 29.8 Å². The van der Waals surface area contributed by atoms with Gasteiger partial charge in [-0.05, 0) is 56.7 Å². The molecule has 2 aromatic rings. The lowest BCUT2D eigenvalue weighted by molar-refractivity contribution is -0.148. The zero-order valence-corrected chi connectivity index (χ0v) is 15.0. The Bertz CT molecular complexity index is 820. The number of aryl methyl sites for hydroxylation is 1. The molecule has 0 spiro atoms. The van der Waals surface area contributed by atoms with Gasteiger partial charge in [-0.3, -0.25) is 9.59 Å². The van der Waals surface area contributed by atoms with E-state index in [9.17, 15) is 14.4 Å². The van der Waals surface area contributed by atoms with Crippen LogP contribution in [-0.2, 0) is 14.3 Å². The quantitative estimate of drug-likeness (QED) is 0.488. The maximum Gasteiger partial charge on any atom is 0.331 e. The largest absolute Gasteiger partial charge is 0.449 e. The van der Waals surface area contributed by atoms with E-state index in [-0.39, 0.29) is 5.78 Å². The number of Topliss-reactive ketones (excluding diaryl/α,β-unsaturated/α-hetero) is 1. The van der Waals surface area contributed by atoms with Gasteiger partial charge in [-0.15, -0.1) is 0 Å². The summed E-state index contributed by atoms with van der Waals surface area (Å²) >= 11 is 0. The molecule has 1 atom stereocenters. The number of rotatable bonds is 6. The number of benzene rings is 2. The molecular formula is C21H21NO4. The molecule has 0 heterocycles. The highest BCUT2D eigenvalue weighted by Crippen LogP contribution is 2.11. The van der Waals surface area contributed by atoms with Gasteiger partial charge in [0.1, 0.15) is 0 Å². The summed E-state index contributed by atoms with van der Waals surface area (Å²) in [4.78, 5) is 35.2. The van der Waals surface area contributed by atoms with Crippen LogP contribution in [0, 0.1) is 6.92 Å². The second-order valence-electron chi connectivity index (χ2n) is 5.95. The minimum atomic E-state index is -0.947. The standard InChI is InChI=1S/C21H21NO4/c1-14-4-6-17(7-5-14)8-13-20(24)26-16(3)21(25)22-19-11-9-18(10-12-19)15(2)23/h4-13,16H,1-3H3,(H,22,25)/b13-8+/t16-/m0/s1. The number of hydrogen-bond donors (Lipinski definition) is 1. The molecule has 0 radical (unpaired) electrons. The van der Waals surface area contributed by atoms with Crippen molar-refractivity contribution in [1.29, 1.82) is 0 Å². The molecule has 5 heteroatoms. The van der Waals surface area contributed by atoms with Gasteiger partial charge in [0.25, 0.3) is 5.91 Å². The molecule has 2 rings (SSSR count). The number of anilines is 1. The fourth-order valence-electron chi connectivity index (χ4n) is 2.14. The first-order chi connectivity index (χ1) is 12.3. The van der Waals surface area contributed by atoms with Crippen molar-refractivity contribution in [2.24, 2.45) is 0 Å². The Hall–Kier alpha value is -3.21. The van der Waals surface area contributed by atoms with E-state index in [1.54, 1.807) is 30.3 Å². The number of carbonyl (C=O) groups is 3. The second kappa shape index (κ2) is 8.76. The minimum absolute atomic E-state index is 0.0504. The van der Waals surface area contributed by atoms with Crippen molar-refractivity contribution >= 4 is 29.4 Å². The third-order valence-electron chi connectivity index (χ3n) is 3.71. The Kier molecular flexibility index (Phi) is 6.44. The highest BCUT2D eigenvalue weighted by molar-refractivity contribution is 5.98. The molecule has 0 aliphatic rings. The van der Waals surface area contributed by atoms with Gasteiger partial charge in [0.05, 0.1) is 0 Å². The zero-order chi connectivity index (χ0) is 19.1. The van der Waals surface area contributed by atoms with Crippen molar-refractivity contribution in [3.63, 3.8) is 0 Å². The van der Waals surface area contributed by atoms with Crippen molar-refractivity contribution in [3.8, 4) is 0 Å². The average molecular weight is 351 g/mol. The number of amides is 1. The second-order valence-corrected chi connectivity index (χ2v) is 5.95. The monoisotopic (exact) mass is 351 g/mol. The Morgan fingerprint density at radius 3 is 2.19 bits per heavy atom. The SMILES string of the molecule is CC(=O)c1ccc(NC(=O)[C@H](C)OC(=O)/C=C/c2ccc(C)cc2)cc1. The Labute approximate surface area is 152 Å². The number of nitrogens with one attached hydrogen (secondary N) is 1. The summed E-state index contributed by atoms with van der Waals surface area (Å²) in [5.74, 6) is -1.09. The van der Waals surface area contributed by atoms with Crippen LogP contribution >= 0.6 is 0 Å². The lowest BCUT2D eigenvalue weighted by Gasteiger charge is -2.12. The van der Waals surface area contributed by atoms with Crippen molar-refractivity contribution in [3.05, 3.63) is 71.3 Å². The van der Waals surface area contributed by atoms with Gasteiger partial charge in [0, 0.05) is 17.3 Å². The molecular weight excluding hydrogens is 330 g/mol. The Morgan fingerprint density at radius 1 is 1.00 bits per heavy atom. The first-order valence-corrected chi connectivity index (χ1v) is 8.22. The van der Waals surface area contributed by atoms with E-state index < -0.39 is 18.0 Å². The number of ether oxygens (including phenoxy) is 1. The summed E-state index contributed by atoms with van der Waals surface area (Å²) in [5.41, 5.74) is 3.09. The molecule has 1 amide bonds. The van der Waals surface area contributed by atoms with Gasteiger partial charge in [-0.25, -0.2) is 4.79 Å². The van der Waals surface area contributed by atoms with Crippen LogP contribution in [-0.4, -0.2) is 23.8 Å². The van der Waals surface area contributed by atoms with Crippen LogP contribution in [0.2, 0.25) is 0 Å². The molecule has 0 fully saturated rings. The van der Waals surface area contributed by atoms with E-state index in [0.717, 1.165) is 11.1 Å². The summed E-state index contributed by atoms with van der Waals surface area (Å²) in [6, 6.07) is 14.2.